The maximum Gasteiger partial charge on any atom is 0.0953 e. The Labute approximate surface area is 68.8 Å². The third-order valence-corrected chi connectivity index (χ3v) is 2.62. The molecule has 1 aliphatic rings. The summed E-state index contributed by atoms with van der Waals surface area (Å²) in [5.41, 5.74) is 0.245. The van der Waals surface area contributed by atoms with E-state index in [1.807, 2.05) is 6.92 Å². The summed E-state index contributed by atoms with van der Waals surface area (Å²) < 4.78 is 0. The first-order valence-corrected chi connectivity index (χ1v) is 4.24. The molecule has 1 unspecified atom stereocenters. The van der Waals surface area contributed by atoms with E-state index in [1.165, 1.54) is 12.8 Å². The summed E-state index contributed by atoms with van der Waals surface area (Å²) >= 11 is 0. The summed E-state index contributed by atoms with van der Waals surface area (Å²) in [6.07, 6.45) is 2.46. The monoisotopic (exact) mass is 152 g/mol. The molecule has 11 heavy (non-hydrogen) atoms. The molecule has 0 aromatic carbocycles. The summed E-state index contributed by atoms with van der Waals surface area (Å²) in [6.45, 7) is 7.50. The highest BCUT2D eigenvalue weighted by molar-refractivity contribution is 4.98. The van der Waals surface area contributed by atoms with Crippen LogP contribution < -0.4 is 0 Å². The number of hydrogen-bond acceptors (Lipinski definition) is 2. The van der Waals surface area contributed by atoms with Crippen molar-refractivity contribution in [3.63, 3.8) is 0 Å². The van der Waals surface area contributed by atoms with Crippen LogP contribution in [0, 0.1) is 11.3 Å². The zero-order valence-electron chi connectivity index (χ0n) is 7.59. The lowest BCUT2D eigenvalue weighted by Gasteiger charge is -2.33. The summed E-state index contributed by atoms with van der Waals surface area (Å²) in [7, 11) is 0. The molecule has 0 N–H and O–H groups in total. The van der Waals surface area contributed by atoms with Gasteiger partial charge >= 0.3 is 0 Å². The number of rotatable bonds is 1. The van der Waals surface area contributed by atoms with E-state index in [0.29, 0.717) is 0 Å². The molecule has 2 nitrogen and oxygen atoms in total. The molecule has 1 heterocycles. The van der Waals surface area contributed by atoms with Crippen LogP contribution in [0.3, 0.4) is 0 Å². The van der Waals surface area contributed by atoms with Crippen LogP contribution in [-0.4, -0.2) is 23.0 Å². The zero-order valence-corrected chi connectivity index (χ0v) is 7.59. The molecule has 0 saturated carbocycles. The predicted molar refractivity (Wildman–Crippen MR) is 45.1 cm³/mol. The van der Waals surface area contributed by atoms with Crippen LogP contribution >= 0.6 is 0 Å². The van der Waals surface area contributed by atoms with Crippen molar-refractivity contribution in [1.29, 1.82) is 5.26 Å². The fourth-order valence-corrected chi connectivity index (χ4v) is 1.92. The molecule has 1 fully saturated rings. The number of hydrogen-bond donors (Lipinski definition) is 0. The lowest BCUT2D eigenvalue weighted by molar-refractivity contribution is 0.152. The minimum atomic E-state index is 0.0764. The Bertz CT molecular complexity index is 178. The molecule has 1 atom stereocenters. The third-order valence-electron chi connectivity index (χ3n) is 2.62. The van der Waals surface area contributed by atoms with Crippen LogP contribution in [0.15, 0.2) is 0 Å². The zero-order chi connectivity index (χ0) is 8.48. The lowest BCUT2D eigenvalue weighted by Crippen LogP contribution is -2.43. The van der Waals surface area contributed by atoms with Gasteiger partial charge in [0.2, 0.25) is 0 Å². The van der Waals surface area contributed by atoms with E-state index in [4.69, 9.17) is 5.26 Å². The topological polar surface area (TPSA) is 27.0 Å². The smallest absolute Gasteiger partial charge is 0.0953 e. The van der Waals surface area contributed by atoms with E-state index < -0.39 is 0 Å². The average molecular weight is 152 g/mol. The van der Waals surface area contributed by atoms with Crippen molar-refractivity contribution < 1.29 is 0 Å². The quantitative estimate of drug-likeness (QED) is 0.572. The molecule has 62 valence electrons. The van der Waals surface area contributed by atoms with Crippen LogP contribution in [0.2, 0.25) is 0 Å². The number of nitrogens with zero attached hydrogens (tertiary/aromatic N) is 2. The van der Waals surface area contributed by atoms with Gasteiger partial charge in [0.25, 0.3) is 0 Å². The van der Waals surface area contributed by atoms with Gasteiger partial charge in [0.15, 0.2) is 0 Å². The first-order valence-electron chi connectivity index (χ1n) is 4.24. The van der Waals surface area contributed by atoms with Crippen molar-refractivity contribution in [2.75, 3.05) is 6.54 Å². The summed E-state index contributed by atoms with van der Waals surface area (Å²) in [6, 6.07) is 2.36. The van der Waals surface area contributed by atoms with Crippen molar-refractivity contribution >= 4 is 0 Å². The van der Waals surface area contributed by atoms with Crippen LogP contribution in [0.1, 0.15) is 33.6 Å². The normalized spacial score (nSPS) is 26.4. The highest BCUT2D eigenvalue weighted by Gasteiger charge is 2.34. The molecule has 0 bridgehead atoms. The van der Waals surface area contributed by atoms with Gasteiger partial charge in [-0.1, -0.05) is 0 Å². The lowest BCUT2D eigenvalue weighted by atomic mass is 10.0. The van der Waals surface area contributed by atoms with Crippen LogP contribution in [0.4, 0.5) is 0 Å². The summed E-state index contributed by atoms with van der Waals surface area (Å²) in [4.78, 5) is 2.28. The minimum Gasteiger partial charge on any atom is -0.283 e. The van der Waals surface area contributed by atoms with Crippen molar-refractivity contribution in [2.24, 2.45) is 0 Å². The van der Waals surface area contributed by atoms with Crippen LogP contribution in [-0.2, 0) is 0 Å². The predicted octanol–water partition coefficient (Wildman–Crippen LogP) is 1.77. The van der Waals surface area contributed by atoms with Gasteiger partial charge in [-0.25, -0.2) is 0 Å². The standard InChI is InChI=1S/C9H16N2/c1-8(7-10)11-6-4-5-9(11,2)3/h8H,4-6H2,1-3H3. The van der Waals surface area contributed by atoms with E-state index in [2.05, 4.69) is 24.8 Å². The van der Waals surface area contributed by atoms with Crippen molar-refractivity contribution in [3.05, 3.63) is 0 Å². The number of nitriles is 1. The van der Waals surface area contributed by atoms with Crippen molar-refractivity contribution in [3.8, 4) is 6.07 Å². The number of likely N-dealkylation sites (tertiary alicyclic amines) is 1. The Balaban J connectivity index is 2.66. The van der Waals surface area contributed by atoms with E-state index in [-0.39, 0.29) is 11.6 Å². The second-order valence-electron chi connectivity index (χ2n) is 3.91. The maximum absolute atomic E-state index is 8.74. The van der Waals surface area contributed by atoms with Gasteiger partial charge in [-0.15, -0.1) is 0 Å². The fraction of sp³-hybridized carbons (Fsp3) is 0.889. The minimum absolute atomic E-state index is 0.0764. The molecular weight excluding hydrogens is 136 g/mol. The van der Waals surface area contributed by atoms with Gasteiger partial charge in [-0.05, 0) is 40.2 Å². The Morgan fingerprint density at radius 3 is 2.55 bits per heavy atom. The Kier molecular flexibility index (Phi) is 2.20. The molecular formula is C9H16N2. The van der Waals surface area contributed by atoms with E-state index in [1.54, 1.807) is 0 Å². The SMILES string of the molecule is CC(C#N)N1CCCC1(C)C. The second kappa shape index (κ2) is 2.83. The van der Waals surface area contributed by atoms with Crippen LogP contribution in [0.25, 0.3) is 0 Å². The average Bonchev–Trinajstić information content (AvgIpc) is 2.28. The van der Waals surface area contributed by atoms with Crippen molar-refractivity contribution in [1.82, 2.24) is 4.90 Å². The van der Waals surface area contributed by atoms with E-state index in [9.17, 15) is 0 Å². The molecule has 2 heteroatoms. The second-order valence-corrected chi connectivity index (χ2v) is 3.91. The van der Waals surface area contributed by atoms with E-state index in [0.717, 1.165) is 6.54 Å². The summed E-state index contributed by atoms with van der Waals surface area (Å²) in [5.74, 6) is 0. The molecule has 1 rings (SSSR count). The Hall–Kier alpha value is -0.550. The molecule has 0 spiro atoms. The fourth-order valence-electron chi connectivity index (χ4n) is 1.92. The largest absolute Gasteiger partial charge is 0.283 e. The molecule has 0 amide bonds. The maximum atomic E-state index is 8.74. The first-order chi connectivity index (χ1) is 5.08. The summed E-state index contributed by atoms with van der Waals surface area (Å²) in [5, 5.41) is 8.74. The molecule has 1 aliphatic heterocycles. The highest BCUT2D eigenvalue weighted by atomic mass is 15.2. The van der Waals surface area contributed by atoms with Crippen LogP contribution in [0.5, 0.6) is 0 Å². The Morgan fingerprint density at radius 2 is 2.18 bits per heavy atom. The van der Waals surface area contributed by atoms with Crippen molar-refractivity contribution in [2.45, 2.75) is 45.2 Å². The molecule has 0 radical (unpaired) electrons. The Morgan fingerprint density at radius 1 is 1.55 bits per heavy atom. The van der Waals surface area contributed by atoms with E-state index >= 15 is 0 Å². The van der Waals surface area contributed by atoms with Gasteiger partial charge < -0.3 is 0 Å². The molecule has 0 aromatic heterocycles. The van der Waals surface area contributed by atoms with Gasteiger partial charge in [0, 0.05) is 5.54 Å². The molecule has 0 aromatic rings. The van der Waals surface area contributed by atoms with Gasteiger partial charge in [-0.2, -0.15) is 5.26 Å². The first kappa shape index (κ1) is 8.55. The van der Waals surface area contributed by atoms with Gasteiger partial charge in [0.1, 0.15) is 0 Å². The third kappa shape index (κ3) is 1.54. The highest BCUT2D eigenvalue weighted by Crippen LogP contribution is 2.29. The van der Waals surface area contributed by atoms with Gasteiger partial charge in [-0.3, -0.25) is 4.90 Å². The molecule has 0 aliphatic carbocycles. The van der Waals surface area contributed by atoms with Gasteiger partial charge in [0.05, 0.1) is 12.1 Å². The molecule has 1 saturated heterocycles.